The molecule has 0 aliphatic carbocycles. The highest BCUT2D eigenvalue weighted by Gasteiger charge is 2.17. The predicted octanol–water partition coefficient (Wildman–Crippen LogP) is 2.27. The van der Waals surface area contributed by atoms with Crippen LogP contribution in [-0.2, 0) is 19.1 Å². The van der Waals surface area contributed by atoms with Crippen LogP contribution in [0, 0.1) is 13.8 Å². The number of ether oxygens (including phenoxy) is 3. The van der Waals surface area contributed by atoms with Crippen molar-refractivity contribution in [3.8, 4) is 5.75 Å². The molecule has 0 heterocycles. The van der Waals surface area contributed by atoms with Gasteiger partial charge in [0, 0.05) is 7.05 Å². The second kappa shape index (κ2) is 10.5. The molecule has 0 saturated heterocycles. The summed E-state index contributed by atoms with van der Waals surface area (Å²) in [6, 6.07) is 5.96. The first kappa shape index (κ1) is 20.7. The van der Waals surface area contributed by atoms with Gasteiger partial charge in [-0.3, -0.25) is 4.79 Å². The average molecular weight is 349 g/mol. The number of amides is 1. The summed E-state index contributed by atoms with van der Waals surface area (Å²) in [5.74, 6) is -0.0960. The maximum atomic E-state index is 12.0. The van der Waals surface area contributed by atoms with Crippen LogP contribution in [0.2, 0.25) is 0 Å². The molecule has 6 heteroatoms. The average Bonchev–Trinajstić information content (AvgIpc) is 2.56. The third kappa shape index (κ3) is 7.85. The summed E-state index contributed by atoms with van der Waals surface area (Å²) >= 11 is 0. The van der Waals surface area contributed by atoms with Gasteiger partial charge in [-0.25, -0.2) is 4.79 Å². The van der Waals surface area contributed by atoms with Crippen molar-refractivity contribution in [3.05, 3.63) is 42.0 Å². The van der Waals surface area contributed by atoms with Crippen molar-refractivity contribution in [1.29, 1.82) is 0 Å². The minimum atomic E-state index is -0.732. The Labute approximate surface area is 149 Å². The van der Waals surface area contributed by atoms with Crippen molar-refractivity contribution in [2.75, 3.05) is 33.4 Å². The van der Waals surface area contributed by atoms with Gasteiger partial charge in [0.2, 0.25) is 0 Å². The van der Waals surface area contributed by atoms with Crippen LogP contribution in [0.5, 0.6) is 5.75 Å². The highest BCUT2D eigenvalue weighted by atomic mass is 16.6. The Balaban J connectivity index is 2.31. The summed E-state index contributed by atoms with van der Waals surface area (Å²) in [4.78, 5) is 25.1. The fraction of sp³-hybridized carbons (Fsp3) is 0.474. The Morgan fingerprint density at radius 3 is 2.48 bits per heavy atom. The summed E-state index contributed by atoms with van der Waals surface area (Å²) in [6.07, 6.45) is 0.808. The van der Waals surface area contributed by atoms with E-state index in [-0.39, 0.29) is 19.1 Å². The third-order valence-corrected chi connectivity index (χ3v) is 3.45. The Kier molecular flexibility index (Phi) is 8.70. The molecule has 0 spiro atoms. The van der Waals surface area contributed by atoms with Crippen molar-refractivity contribution in [1.82, 2.24) is 4.90 Å². The summed E-state index contributed by atoms with van der Waals surface area (Å²) in [7, 11) is 1.64. The number of hydrogen-bond acceptors (Lipinski definition) is 5. The molecule has 0 saturated carbocycles. The van der Waals surface area contributed by atoms with E-state index in [0.29, 0.717) is 13.2 Å². The van der Waals surface area contributed by atoms with Gasteiger partial charge in [0.25, 0.3) is 5.91 Å². The SMILES string of the molecule is C=CCOC(C)C(=O)OCC(=O)N(C)CCOc1cc(C)cc(C)c1. The van der Waals surface area contributed by atoms with Crippen molar-refractivity contribution < 1.29 is 23.8 Å². The first-order chi connectivity index (χ1) is 11.8. The zero-order valence-electron chi connectivity index (χ0n) is 15.4. The molecule has 0 aliphatic rings. The van der Waals surface area contributed by atoms with Crippen LogP contribution < -0.4 is 4.74 Å². The predicted molar refractivity (Wildman–Crippen MR) is 95.6 cm³/mol. The number of esters is 1. The Morgan fingerprint density at radius 2 is 1.88 bits per heavy atom. The summed E-state index contributed by atoms with van der Waals surface area (Å²) in [5.41, 5.74) is 2.25. The van der Waals surface area contributed by atoms with Gasteiger partial charge < -0.3 is 19.1 Å². The van der Waals surface area contributed by atoms with Crippen molar-refractivity contribution in [2.24, 2.45) is 0 Å². The van der Waals surface area contributed by atoms with Crippen LogP contribution >= 0.6 is 0 Å². The largest absolute Gasteiger partial charge is 0.492 e. The molecule has 1 amide bonds. The zero-order chi connectivity index (χ0) is 18.8. The minimum absolute atomic E-state index is 0.250. The lowest BCUT2D eigenvalue weighted by Crippen LogP contribution is -2.35. The molecule has 6 nitrogen and oxygen atoms in total. The summed E-state index contributed by atoms with van der Waals surface area (Å²) < 4.78 is 15.8. The number of hydrogen-bond donors (Lipinski definition) is 0. The van der Waals surface area contributed by atoms with Crippen LogP contribution in [0.4, 0.5) is 0 Å². The fourth-order valence-corrected chi connectivity index (χ4v) is 2.08. The number of nitrogens with zero attached hydrogens (tertiary/aromatic N) is 1. The zero-order valence-corrected chi connectivity index (χ0v) is 15.4. The fourth-order valence-electron chi connectivity index (χ4n) is 2.08. The maximum absolute atomic E-state index is 12.0. The summed E-state index contributed by atoms with van der Waals surface area (Å²) in [6.45, 7) is 9.76. The van der Waals surface area contributed by atoms with Crippen LogP contribution in [0.15, 0.2) is 30.9 Å². The van der Waals surface area contributed by atoms with E-state index in [1.807, 2.05) is 26.0 Å². The van der Waals surface area contributed by atoms with Crippen molar-refractivity contribution in [2.45, 2.75) is 26.9 Å². The van der Waals surface area contributed by atoms with Crippen molar-refractivity contribution in [3.63, 3.8) is 0 Å². The second-order valence-electron chi connectivity index (χ2n) is 5.86. The van der Waals surface area contributed by atoms with E-state index in [4.69, 9.17) is 14.2 Å². The molecule has 1 aromatic rings. The standard InChI is InChI=1S/C19H27NO5/c1-6-8-23-16(4)19(22)25-13-18(21)20(5)7-9-24-17-11-14(2)10-15(3)12-17/h6,10-12,16H,1,7-9,13H2,2-5H3. The van der Waals surface area contributed by atoms with E-state index in [9.17, 15) is 9.59 Å². The highest BCUT2D eigenvalue weighted by Crippen LogP contribution is 2.16. The molecule has 0 radical (unpaired) electrons. The van der Waals surface area contributed by atoms with Crippen LogP contribution in [0.25, 0.3) is 0 Å². The van der Waals surface area contributed by atoms with Crippen LogP contribution in [0.1, 0.15) is 18.1 Å². The molecule has 0 aliphatic heterocycles. The topological polar surface area (TPSA) is 65.1 Å². The monoisotopic (exact) mass is 349 g/mol. The number of aryl methyl sites for hydroxylation is 2. The molecule has 1 aromatic carbocycles. The van der Waals surface area contributed by atoms with Gasteiger partial charge in [-0.05, 0) is 44.0 Å². The van der Waals surface area contributed by atoms with Crippen LogP contribution in [0.3, 0.4) is 0 Å². The molecule has 138 valence electrons. The number of rotatable bonds is 10. The Morgan fingerprint density at radius 1 is 1.24 bits per heavy atom. The molecule has 0 fully saturated rings. The molecule has 0 aromatic heterocycles. The second-order valence-corrected chi connectivity index (χ2v) is 5.86. The molecule has 0 N–H and O–H groups in total. The lowest BCUT2D eigenvalue weighted by molar-refractivity contribution is -0.160. The van der Waals surface area contributed by atoms with E-state index in [0.717, 1.165) is 16.9 Å². The molecular weight excluding hydrogens is 322 g/mol. The van der Waals surface area contributed by atoms with E-state index in [1.165, 1.54) is 4.90 Å². The highest BCUT2D eigenvalue weighted by molar-refractivity contribution is 5.81. The Hall–Kier alpha value is -2.34. The Bertz CT molecular complexity index is 579. The molecule has 1 unspecified atom stereocenters. The molecular formula is C19H27NO5. The van der Waals surface area contributed by atoms with Crippen molar-refractivity contribution >= 4 is 11.9 Å². The first-order valence-electron chi connectivity index (χ1n) is 8.17. The lowest BCUT2D eigenvalue weighted by Gasteiger charge is -2.18. The molecule has 1 atom stereocenters. The van der Waals surface area contributed by atoms with E-state index in [2.05, 4.69) is 12.6 Å². The van der Waals surface area contributed by atoms with Gasteiger partial charge in [0.15, 0.2) is 12.7 Å². The molecule has 1 rings (SSSR count). The number of likely N-dealkylation sites (N-methyl/N-ethyl adjacent to an activating group) is 1. The smallest absolute Gasteiger partial charge is 0.335 e. The first-order valence-corrected chi connectivity index (χ1v) is 8.17. The van der Waals surface area contributed by atoms with E-state index in [1.54, 1.807) is 20.0 Å². The molecule has 25 heavy (non-hydrogen) atoms. The van der Waals surface area contributed by atoms with Gasteiger partial charge in [-0.15, -0.1) is 6.58 Å². The lowest BCUT2D eigenvalue weighted by atomic mass is 10.1. The number of benzene rings is 1. The third-order valence-electron chi connectivity index (χ3n) is 3.45. The van der Waals surface area contributed by atoms with Gasteiger partial charge in [0.1, 0.15) is 12.4 Å². The van der Waals surface area contributed by atoms with Crippen LogP contribution in [-0.4, -0.2) is 56.3 Å². The normalized spacial score (nSPS) is 11.5. The number of carbonyl (C=O) groups excluding carboxylic acids is 2. The van der Waals surface area contributed by atoms with Gasteiger partial charge in [-0.2, -0.15) is 0 Å². The quantitative estimate of drug-likeness (QED) is 0.479. The molecule has 0 bridgehead atoms. The van der Waals surface area contributed by atoms with E-state index < -0.39 is 12.1 Å². The van der Waals surface area contributed by atoms with Gasteiger partial charge >= 0.3 is 5.97 Å². The summed E-state index contributed by atoms with van der Waals surface area (Å²) in [5, 5.41) is 0. The number of carbonyl (C=O) groups is 2. The van der Waals surface area contributed by atoms with E-state index >= 15 is 0 Å². The van der Waals surface area contributed by atoms with Gasteiger partial charge in [-0.1, -0.05) is 12.1 Å². The minimum Gasteiger partial charge on any atom is -0.492 e. The maximum Gasteiger partial charge on any atom is 0.335 e. The van der Waals surface area contributed by atoms with Gasteiger partial charge in [0.05, 0.1) is 13.2 Å².